The molecule has 1 unspecified atom stereocenters. The number of nitrogens with one attached hydrogen (secondary N) is 3. The van der Waals surface area contributed by atoms with Crippen LogP contribution in [0.25, 0.3) is 0 Å². The van der Waals surface area contributed by atoms with E-state index in [9.17, 15) is 14.4 Å². The highest BCUT2D eigenvalue weighted by Crippen LogP contribution is 2.29. The number of likely N-dealkylation sites (N-methyl/N-ethyl adjacent to an activating group) is 1. The summed E-state index contributed by atoms with van der Waals surface area (Å²) in [5.41, 5.74) is 4.38. The zero-order chi connectivity index (χ0) is 18.3. The maximum absolute atomic E-state index is 12.6. The van der Waals surface area contributed by atoms with Gasteiger partial charge >= 0.3 is 6.03 Å². The van der Waals surface area contributed by atoms with Crippen molar-refractivity contribution in [1.29, 1.82) is 0 Å². The minimum atomic E-state index is -0.849. The van der Waals surface area contributed by atoms with Crippen LogP contribution < -0.4 is 21.7 Å². The van der Waals surface area contributed by atoms with Crippen LogP contribution in [0.3, 0.4) is 0 Å². The molecule has 0 aliphatic heterocycles. The molecule has 0 radical (unpaired) electrons. The molecule has 138 valence electrons. The van der Waals surface area contributed by atoms with Gasteiger partial charge in [-0.15, -0.1) is 11.3 Å². The zero-order valence-corrected chi connectivity index (χ0v) is 15.3. The van der Waals surface area contributed by atoms with Gasteiger partial charge in [-0.2, -0.15) is 0 Å². The van der Waals surface area contributed by atoms with Crippen molar-refractivity contribution in [3.8, 4) is 0 Å². The predicted octanol–water partition coefficient (Wildman–Crippen LogP) is 1.80. The van der Waals surface area contributed by atoms with Gasteiger partial charge in [0.25, 0.3) is 0 Å². The van der Waals surface area contributed by atoms with Gasteiger partial charge in [0, 0.05) is 11.4 Å². The molecule has 5 N–H and O–H groups in total. The highest BCUT2D eigenvalue weighted by molar-refractivity contribution is 7.10. The molecule has 1 saturated carbocycles. The van der Waals surface area contributed by atoms with Crippen LogP contribution in [0, 0.1) is 0 Å². The minimum absolute atomic E-state index is 0.0462. The third-order valence-electron chi connectivity index (χ3n) is 4.45. The quantitative estimate of drug-likeness (QED) is 0.590. The van der Waals surface area contributed by atoms with E-state index in [0.717, 1.165) is 24.1 Å². The molecule has 0 aromatic carbocycles. The molecule has 1 aliphatic rings. The number of amides is 4. The Hall–Kier alpha value is -2.09. The maximum atomic E-state index is 12.6. The van der Waals surface area contributed by atoms with Crippen LogP contribution in [0.15, 0.2) is 17.5 Å². The number of primary amides is 1. The molecule has 0 spiro atoms. The van der Waals surface area contributed by atoms with E-state index >= 15 is 0 Å². The van der Waals surface area contributed by atoms with E-state index < -0.39 is 17.6 Å². The third kappa shape index (κ3) is 5.19. The van der Waals surface area contributed by atoms with Gasteiger partial charge in [0.2, 0.25) is 11.8 Å². The molecule has 1 aliphatic carbocycles. The molecule has 8 heteroatoms. The molecule has 1 fully saturated rings. The van der Waals surface area contributed by atoms with E-state index in [1.165, 1.54) is 11.3 Å². The summed E-state index contributed by atoms with van der Waals surface area (Å²) in [6.07, 6.45) is 4.20. The highest BCUT2D eigenvalue weighted by atomic mass is 32.1. The van der Waals surface area contributed by atoms with Gasteiger partial charge in [0.1, 0.15) is 5.54 Å². The van der Waals surface area contributed by atoms with Crippen LogP contribution in [0.5, 0.6) is 0 Å². The average Bonchev–Trinajstić information content (AvgIpc) is 3.09. The Labute approximate surface area is 151 Å². The van der Waals surface area contributed by atoms with Gasteiger partial charge in [-0.05, 0) is 31.2 Å². The molecule has 4 amide bonds. The highest BCUT2D eigenvalue weighted by Gasteiger charge is 2.40. The molecule has 1 aromatic rings. The molecule has 2 rings (SSSR count). The number of urea groups is 1. The average molecular weight is 366 g/mol. The van der Waals surface area contributed by atoms with Crippen LogP contribution in [-0.4, -0.2) is 29.9 Å². The first kappa shape index (κ1) is 19.2. The molecular formula is C17H26N4O3S. The van der Waals surface area contributed by atoms with E-state index in [1.807, 2.05) is 24.4 Å². The number of hydrogen-bond acceptors (Lipinski definition) is 4. The van der Waals surface area contributed by atoms with E-state index in [1.54, 1.807) is 0 Å². The largest absolute Gasteiger partial charge is 0.354 e. The van der Waals surface area contributed by atoms with Crippen LogP contribution in [0.4, 0.5) is 4.79 Å². The summed E-state index contributed by atoms with van der Waals surface area (Å²) in [6.45, 7) is 2.39. The summed E-state index contributed by atoms with van der Waals surface area (Å²) >= 11 is 1.45. The number of carbonyl (C=O) groups is 3. The Morgan fingerprint density at radius 1 is 1.28 bits per heavy atom. The first-order valence-corrected chi connectivity index (χ1v) is 9.53. The summed E-state index contributed by atoms with van der Waals surface area (Å²) in [4.78, 5) is 37.3. The van der Waals surface area contributed by atoms with Gasteiger partial charge in [-0.25, -0.2) is 4.79 Å². The Kier molecular flexibility index (Phi) is 6.81. The van der Waals surface area contributed by atoms with Crippen molar-refractivity contribution in [2.24, 2.45) is 5.73 Å². The van der Waals surface area contributed by atoms with E-state index in [0.29, 0.717) is 19.4 Å². The monoisotopic (exact) mass is 366 g/mol. The lowest BCUT2D eigenvalue weighted by molar-refractivity contribution is -0.135. The van der Waals surface area contributed by atoms with E-state index in [4.69, 9.17) is 5.73 Å². The molecule has 7 nitrogen and oxygen atoms in total. The molecule has 1 heterocycles. The van der Waals surface area contributed by atoms with Crippen molar-refractivity contribution in [2.75, 3.05) is 6.54 Å². The Bertz CT molecular complexity index is 597. The fourth-order valence-electron chi connectivity index (χ4n) is 3.28. The second-order valence-corrected chi connectivity index (χ2v) is 7.31. The van der Waals surface area contributed by atoms with Gasteiger partial charge in [0.15, 0.2) is 0 Å². The van der Waals surface area contributed by atoms with Gasteiger partial charge < -0.3 is 21.7 Å². The minimum Gasteiger partial charge on any atom is -0.354 e. The van der Waals surface area contributed by atoms with Crippen molar-refractivity contribution in [2.45, 2.75) is 57.0 Å². The number of thiophene rings is 1. The zero-order valence-electron chi connectivity index (χ0n) is 14.5. The van der Waals surface area contributed by atoms with Crippen molar-refractivity contribution in [1.82, 2.24) is 16.0 Å². The molecule has 1 atom stereocenters. The van der Waals surface area contributed by atoms with Crippen LogP contribution in [0.1, 0.15) is 56.4 Å². The fraction of sp³-hybridized carbons (Fsp3) is 0.588. The first-order valence-electron chi connectivity index (χ1n) is 8.65. The van der Waals surface area contributed by atoms with Gasteiger partial charge in [-0.3, -0.25) is 9.59 Å². The third-order valence-corrected chi connectivity index (χ3v) is 5.44. The number of carbonyl (C=O) groups excluding carboxylic acids is 3. The molecule has 0 bridgehead atoms. The SMILES string of the molecule is CCNC(=O)C1(NC(=O)CC(NC(N)=O)c2cccs2)CCCCC1. The molecule has 0 saturated heterocycles. The summed E-state index contributed by atoms with van der Waals surface area (Å²) in [5.74, 6) is -0.390. The maximum Gasteiger partial charge on any atom is 0.312 e. The Morgan fingerprint density at radius 2 is 2.00 bits per heavy atom. The lowest BCUT2D eigenvalue weighted by Crippen LogP contribution is -2.60. The summed E-state index contributed by atoms with van der Waals surface area (Å²) in [7, 11) is 0. The lowest BCUT2D eigenvalue weighted by Gasteiger charge is -2.37. The number of rotatable bonds is 7. The number of nitrogens with two attached hydrogens (primary N) is 1. The van der Waals surface area contributed by atoms with Crippen molar-refractivity contribution in [3.05, 3.63) is 22.4 Å². The second-order valence-electron chi connectivity index (χ2n) is 6.33. The summed E-state index contributed by atoms with van der Waals surface area (Å²) in [5, 5.41) is 10.3. The van der Waals surface area contributed by atoms with Crippen molar-refractivity contribution >= 4 is 29.2 Å². The normalized spacial score (nSPS) is 17.3. The van der Waals surface area contributed by atoms with E-state index in [-0.39, 0.29) is 18.2 Å². The van der Waals surface area contributed by atoms with Crippen molar-refractivity contribution < 1.29 is 14.4 Å². The van der Waals surface area contributed by atoms with Crippen LogP contribution in [-0.2, 0) is 9.59 Å². The molecule has 1 aromatic heterocycles. The standard InChI is InChI=1S/C17H26N4O3S/c1-2-19-15(23)17(8-4-3-5-9-17)21-14(22)11-12(20-16(18)24)13-7-6-10-25-13/h6-7,10,12H,2-5,8-9,11H2,1H3,(H,19,23)(H,21,22)(H3,18,20,24). The second kappa shape index (κ2) is 8.84. The smallest absolute Gasteiger partial charge is 0.312 e. The van der Waals surface area contributed by atoms with Crippen LogP contribution in [0.2, 0.25) is 0 Å². The van der Waals surface area contributed by atoms with Crippen molar-refractivity contribution in [3.63, 3.8) is 0 Å². The van der Waals surface area contributed by atoms with E-state index in [2.05, 4.69) is 16.0 Å². The molecule has 25 heavy (non-hydrogen) atoms. The van der Waals surface area contributed by atoms with Crippen LogP contribution >= 0.6 is 11.3 Å². The number of hydrogen-bond donors (Lipinski definition) is 4. The van der Waals surface area contributed by atoms with Gasteiger partial charge in [0.05, 0.1) is 12.5 Å². The Balaban J connectivity index is 2.08. The fourth-order valence-corrected chi connectivity index (χ4v) is 4.06. The summed E-state index contributed by atoms with van der Waals surface area (Å²) in [6, 6.07) is 2.53. The first-order chi connectivity index (χ1) is 12.0. The van der Waals surface area contributed by atoms with Gasteiger partial charge in [-0.1, -0.05) is 25.3 Å². The Morgan fingerprint density at radius 3 is 2.56 bits per heavy atom. The summed E-state index contributed by atoms with van der Waals surface area (Å²) < 4.78 is 0. The predicted molar refractivity (Wildman–Crippen MR) is 97.0 cm³/mol. The molecular weight excluding hydrogens is 340 g/mol. The lowest BCUT2D eigenvalue weighted by atomic mass is 9.80. The topological polar surface area (TPSA) is 113 Å².